The first kappa shape index (κ1) is 24.0. The SMILES string of the molecule is Cn1cnnc1C(F)C1(c2cccc(N3Cc4c(cc(C=O)cc4C(F)(F)F)C3=O)c2)CC(F)(F)C1. The number of hydrogen-bond donors (Lipinski definition) is 0. The second-order valence-electron chi connectivity index (χ2n) is 9.18. The number of hydrogen-bond acceptors (Lipinski definition) is 4. The topological polar surface area (TPSA) is 68.1 Å². The van der Waals surface area contributed by atoms with Gasteiger partial charge in [-0.15, -0.1) is 10.2 Å². The summed E-state index contributed by atoms with van der Waals surface area (Å²) in [5.74, 6) is -4.04. The number of carbonyl (C=O) groups is 2. The summed E-state index contributed by atoms with van der Waals surface area (Å²) in [5, 5.41) is 7.33. The average Bonchev–Trinajstić information content (AvgIpc) is 3.38. The van der Waals surface area contributed by atoms with Gasteiger partial charge >= 0.3 is 6.18 Å². The number of amides is 1. The van der Waals surface area contributed by atoms with Gasteiger partial charge in [-0.25, -0.2) is 13.2 Å². The van der Waals surface area contributed by atoms with E-state index in [1.807, 2.05) is 0 Å². The van der Waals surface area contributed by atoms with Gasteiger partial charge in [-0.1, -0.05) is 12.1 Å². The van der Waals surface area contributed by atoms with Crippen LogP contribution in [0.15, 0.2) is 42.7 Å². The van der Waals surface area contributed by atoms with E-state index in [0.717, 1.165) is 11.0 Å². The minimum absolute atomic E-state index is 0.120. The Labute approximate surface area is 200 Å². The molecule has 0 bridgehead atoms. The van der Waals surface area contributed by atoms with E-state index in [4.69, 9.17) is 0 Å². The zero-order valence-corrected chi connectivity index (χ0v) is 18.7. The Kier molecular flexibility index (Phi) is 5.27. The summed E-state index contributed by atoms with van der Waals surface area (Å²) in [5.41, 5.74) is -3.36. The van der Waals surface area contributed by atoms with E-state index in [1.165, 1.54) is 42.2 Å². The molecule has 1 aromatic heterocycles. The minimum Gasteiger partial charge on any atom is -0.318 e. The first-order valence-corrected chi connectivity index (χ1v) is 10.8. The summed E-state index contributed by atoms with van der Waals surface area (Å²) < 4.78 is 86.1. The largest absolute Gasteiger partial charge is 0.416 e. The lowest BCUT2D eigenvalue weighted by molar-refractivity contribution is -0.151. The number of benzene rings is 2. The van der Waals surface area contributed by atoms with Crippen LogP contribution in [0.3, 0.4) is 0 Å². The van der Waals surface area contributed by atoms with Crippen LogP contribution in [0.5, 0.6) is 0 Å². The van der Waals surface area contributed by atoms with Crippen molar-refractivity contribution in [3.63, 3.8) is 0 Å². The fourth-order valence-corrected chi connectivity index (χ4v) is 5.11. The highest BCUT2D eigenvalue weighted by Crippen LogP contribution is 2.60. The predicted octanol–water partition coefficient (Wildman–Crippen LogP) is 5.18. The molecular formula is C24H18F6N4O2. The molecule has 1 amide bonds. The van der Waals surface area contributed by atoms with Crippen molar-refractivity contribution in [3.05, 3.63) is 76.4 Å². The van der Waals surface area contributed by atoms with Gasteiger partial charge in [-0.3, -0.25) is 9.59 Å². The van der Waals surface area contributed by atoms with Gasteiger partial charge in [0.05, 0.1) is 12.1 Å². The molecule has 12 heteroatoms. The average molecular weight is 508 g/mol. The first-order chi connectivity index (χ1) is 16.9. The molecule has 1 atom stereocenters. The second kappa shape index (κ2) is 7.90. The van der Waals surface area contributed by atoms with Gasteiger partial charge < -0.3 is 9.47 Å². The van der Waals surface area contributed by atoms with Crippen LogP contribution in [0.25, 0.3) is 0 Å². The number of nitrogens with zero attached hydrogens (tertiary/aromatic N) is 4. The second-order valence-corrected chi connectivity index (χ2v) is 9.18. The Bertz CT molecular complexity index is 1380. The molecule has 1 fully saturated rings. The minimum atomic E-state index is -4.81. The van der Waals surface area contributed by atoms with Crippen LogP contribution >= 0.6 is 0 Å². The Balaban J connectivity index is 1.55. The molecule has 3 aromatic rings. The summed E-state index contributed by atoms with van der Waals surface area (Å²) in [6.45, 7) is -0.447. The zero-order chi connectivity index (χ0) is 26.0. The van der Waals surface area contributed by atoms with Crippen LogP contribution in [0.4, 0.5) is 32.0 Å². The van der Waals surface area contributed by atoms with Crippen LogP contribution in [-0.2, 0) is 25.2 Å². The van der Waals surface area contributed by atoms with Crippen molar-refractivity contribution in [3.8, 4) is 0 Å². The molecule has 2 aliphatic rings. The summed E-state index contributed by atoms with van der Waals surface area (Å²) in [7, 11) is 1.48. The van der Waals surface area contributed by atoms with Gasteiger partial charge in [0.25, 0.3) is 5.91 Å². The van der Waals surface area contributed by atoms with E-state index in [1.54, 1.807) is 0 Å². The molecule has 1 saturated carbocycles. The fourth-order valence-electron chi connectivity index (χ4n) is 5.11. The molecule has 188 valence electrons. The molecule has 36 heavy (non-hydrogen) atoms. The number of fused-ring (bicyclic) bond motifs is 1. The fraction of sp³-hybridized carbons (Fsp3) is 0.333. The van der Waals surface area contributed by atoms with Crippen molar-refractivity contribution in [1.82, 2.24) is 14.8 Å². The number of halogens is 6. The number of aldehydes is 1. The molecule has 6 nitrogen and oxygen atoms in total. The molecule has 1 unspecified atom stereocenters. The van der Waals surface area contributed by atoms with Gasteiger partial charge in [-0.05, 0) is 35.4 Å². The molecule has 1 aliphatic heterocycles. The van der Waals surface area contributed by atoms with Crippen molar-refractivity contribution in [2.45, 2.75) is 43.1 Å². The quantitative estimate of drug-likeness (QED) is 0.352. The molecule has 5 rings (SSSR count). The molecule has 0 N–H and O–H groups in total. The maximum Gasteiger partial charge on any atom is 0.416 e. The van der Waals surface area contributed by atoms with E-state index in [-0.39, 0.29) is 40.1 Å². The first-order valence-electron chi connectivity index (χ1n) is 10.8. The third-order valence-corrected chi connectivity index (χ3v) is 6.84. The van der Waals surface area contributed by atoms with E-state index < -0.39 is 54.5 Å². The number of aromatic nitrogens is 3. The number of anilines is 1. The van der Waals surface area contributed by atoms with Gasteiger partial charge in [0.1, 0.15) is 12.6 Å². The molecule has 2 heterocycles. The van der Waals surface area contributed by atoms with E-state index in [0.29, 0.717) is 6.07 Å². The smallest absolute Gasteiger partial charge is 0.318 e. The summed E-state index contributed by atoms with van der Waals surface area (Å²) in [6.07, 6.45) is -6.91. The van der Waals surface area contributed by atoms with Crippen LogP contribution < -0.4 is 4.90 Å². The van der Waals surface area contributed by atoms with E-state index in [9.17, 15) is 31.5 Å². The summed E-state index contributed by atoms with van der Waals surface area (Å²) in [6, 6.07) is 7.42. The summed E-state index contributed by atoms with van der Waals surface area (Å²) >= 11 is 0. The number of rotatable bonds is 5. The summed E-state index contributed by atoms with van der Waals surface area (Å²) in [4.78, 5) is 25.3. The van der Waals surface area contributed by atoms with Crippen LogP contribution in [0, 0.1) is 0 Å². The highest BCUT2D eigenvalue weighted by molar-refractivity contribution is 6.11. The van der Waals surface area contributed by atoms with Crippen molar-refractivity contribution < 1.29 is 35.9 Å². The molecule has 0 radical (unpaired) electrons. The Morgan fingerprint density at radius 2 is 1.86 bits per heavy atom. The highest BCUT2D eigenvalue weighted by Gasteiger charge is 2.62. The predicted molar refractivity (Wildman–Crippen MR) is 114 cm³/mol. The number of aryl methyl sites for hydroxylation is 1. The molecule has 0 saturated heterocycles. The molecular weight excluding hydrogens is 490 g/mol. The van der Waals surface area contributed by atoms with Gasteiger partial charge in [0, 0.05) is 42.1 Å². The maximum atomic E-state index is 15.7. The molecule has 2 aromatic carbocycles. The van der Waals surface area contributed by atoms with Crippen molar-refractivity contribution in [1.29, 1.82) is 0 Å². The lowest BCUT2D eigenvalue weighted by atomic mass is 9.59. The Morgan fingerprint density at radius 3 is 2.44 bits per heavy atom. The van der Waals surface area contributed by atoms with Crippen molar-refractivity contribution in [2.24, 2.45) is 7.05 Å². The van der Waals surface area contributed by atoms with Gasteiger partial charge in [-0.2, -0.15) is 13.2 Å². The van der Waals surface area contributed by atoms with E-state index in [2.05, 4.69) is 10.2 Å². The van der Waals surface area contributed by atoms with Crippen molar-refractivity contribution in [2.75, 3.05) is 4.90 Å². The monoisotopic (exact) mass is 508 g/mol. The third kappa shape index (κ3) is 3.66. The van der Waals surface area contributed by atoms with Crippen LogP contribution in [0.1, 0.15) is 62.2 Å². The number of alkyl halides is 6. The standard InChI is InChI=1S/C24H18F6N4O2/c1-33-12-31-32-20(33)19(25)22(10-23(26,27)11-22)14-3-2-4-15(7-14)34-8-17-16(21(34)36)5-13(9-35)6-18(17)24(28,29)30/h2-7,9,12,19H,8,10-11H2,1H3. The highest BCUT2D eigenvalue weighted by atomic mass is 19.4. The van der Waals surface area contributed by atoms with Gasteiger partial charge in [0.15, 0.2) is 12.0 Å². The zero-order valence-electron chi connectivity index (χ0n) is 18.7. The Morgan fingerprint density at radius 1 is 1.14 bits per heavy atom. The maximum absolute atomic E-state index is 15.7. The molecule has 0 spiro atoms. The lowest BCUT2D eigenvalue weighted by Gasteiger charge is -2.49. The lowest BCUT2D eigenvalue weighted by Crippen LogP contribution is -2.52. The van der Waals surface area contributed by atoms with Crippen molar-refractivity contribution >= 4 is 17.9 Å². The van der Waals surface area contributed by atoms with Gasteiger partial charge in [0.2, 0.25) is 5.92 Å². The normalized spacial score (nSPS) is 19.1. The Hall–Kier alpha value is -3.70. The van der Waals surface area contributed by atoms with Crippen LogP contribution in [-0.4, -0.2) is 32.9 Å². The third-order valence-electron chi connectivity index (χ3n) is 6.84. The molecule has 1 aliphatic carbocycles. The number of carbonyl (C=O) groups excluding carboxylic acids is 2. The van der Waals surface area contributed by atoms with E-state index >= 15 is 4.39 Å². The van der Waals surface area contributed by atoms with Crippen LogP contribution in [0.2, 0.25) is 0 Å².